The second kappa shape index (κ2) is 11.2. The first-order valence-electron chi connectivity index (χ1n) is 9.16. The standard InChI is InChI=1S/C21H26N4OS.HI/c1-4-19-14-24-20(27-19)9-10-23-21(22-2)25-13-15-5-6-17-12-18(26-3)8-7-16(17)11-15;/h5-8,11-12,14H,4,9-10,13H2,1-3H3,(H2,22,23,25);1H. The zero-order valence-corrected chi connectivity index (χ0v) is 19.6. The minimum Gasteiger partial charge on any atom is -0.497 e. The fourth-order valence-corrected chi connectivity index (χ4v) is 3.69. The lowest BCUT2D eigenvalue weighted by atomic mass is 10.1. The maximum Gasteiger partial charge on any atom is 0.191 e. The molecule has 150 valence electrons. The van der Waals surface area contributed by atoms with E-state index in [4.69, 9.17) is 4.74 Å². The van der Waals surface area contributed by atoms with Crippen molar-refractivity contribution in [3.63, 3.8) is 0 Å². The maximum absolute atomic E-state index is 5.28. The highest BCUT2D eigenvalue weighted by molar-refractivity contribution is 14.0. The minimum atomic E-state index is 0. The molecule has 0 aliphatic carbocycles. The molecule has 0 saturated carbocycles. The number of hydrogen-bond donors (Lipinski definition) is 2. The van der Waals surface area contributed by atoms with Gasteiger partial charge in [0.1, 0.15) is 5.75 Å². The number of nitrogens with one attached hydrogen (secondary N) is 2. The van der Waals surface area contributed by atoms with E-state index in [-0.39, 0.29) is 24.0 Å². The third kappa shape index (κ3) is 6.07. The van der Waals surface area contributed by atoms with E-state index in [9.17, 15) is 0 Å². The number of aromatic nitrogens is 1. The quantitative estimate of drug-likeness (QED) is 0.281. The number of benzene rings is 2. The molecule has 5 nitrogen and oxygen atoms in total. The Kier molecular flexibility index (Phi) is 8.98. The Bertz CT molecular complexity index is 926. The molecule has 0 spiro atoms. The molecule has 0 bridgehead atoms. The van der Waals surface area contributed by atoms with E-state index in [0.717, 1.165) is 37.6 Å². The van der Waals surface area contributed by atoms with E-state index in [0.29, 0.717) is 0 Å². The number of aliphatic imine (C=N–C) groups is 1. The molecule has 1 aromatic heterocycles. The number of ether oxygens (including phenoxy) is 1. The Morgan fingerprint density at radius 1 is 1.14 bits per heavy atom. The zero-order chi connectivity index (χ0) is 19.1. The van der Waals surface area contributed by atoms with Crippen molar-refractivity contribution in [1.82, 2.24) is 15.6 Å². The third-order valence-corrected chi connectivity index (χ3v) is 5.58. The fourth-order valence-electron chi connectivity index (χ4n) is 2.83. The summed E-state index contributed by atoms with van der Waals surface area (Å²) >= 11 is 1.79. The molecule has 7 heteroatoms. The Morgan fingerprint density at radius 2 is 1.93 bits per heavy atom. The zero-order valence-electron chi connectivity index (χ0n) is 16.5. The van der Waals surface area contributed by atoms with Crippen LogP contribution in [0.3, 0.4) is 0 Å². The van der Waals surface area contributed by atoms with Gasteiger partial charge >= 0.3 is 0 Å². The summed E-state index contributed by atoms with van der Waals surface area (Å²) in [5.41, 5.74) is 1.21. The van der Waals surface area contributed by atoms with Gasteiger partial charge in [-0.2, -0.15) is 0 Å². The van der Waals surface area contributed by atoms with Gasteiger partial charge in [0, 0.05) is 37.6 Å². The van der Waals surface area contributed by atoms with Crippen molar-refractivity contribution in [2.75, 3.05) is 20.7 Å². The van der Waals surface area contributed by atoms with Crippen LogP contribution in [0.5, 0.6) is 5.75 Å². The lowest BCUT2D eigenvalue weighted by Gasteiger charge is -2.12. The fraction of sp³-hybridized carbons (Fsp3) is 0.333. The molecular weight excluding hydrogens is 483 g/mol. The highest BCUT2D eigenvalue weighted by atomic mass is 127. The predicted molar refractivity (Wildman–Crippen MR) is 129 cm³/mol. The van der Waals surface area contributed by atoms with Crippen LogP contribution in [-0.4, -0.2) is 31.6 Å². The SMILES string of the molecule is CCc1cnc(CCNC(=NC)NCc2ccc3cc(OC)ccc3c2)s1.I. The highest BCUT2D eigenvalue weighted by Crippen LogP contribution is 2.21. The Hall–Kier alpha value is -1.87. The van der Waals surface area contributed by atoms with Crippen molar-refractivity contribution in [3.8, 4) is 5.75 Å². The molecule has 0 radical (unpaired) electrons. The van der Waals surface area contributed by atoms with Crippen LogP contribution in [0, 0.1) is 0 Å². The van der Waals surface area contributed by atoms with Gasteiger partial charge in [0.2, 0.25) is 0 Å². The lowest BCUT2D eigenvalue weighted by molar-refractivity contribution is 0.415. The molecule has 3 rings (SSSR count). The molecule has 1 heterocycles. The van der Waals surface area contributed by atoms with Gasteiger partial charge in [0.05, 0.1) is 12.1 Å². The van der Waals surface area contributed by atoms with Crippen molar-refractivity contribution in [2.45, 2.75) is 26.3 Å². The van der Waals surface area contributed by atoms with Crippen LogP contribution in [0.4, 0.5) is 0 Å². The summed E-state index contributed by atoms with van der Waals surface area (Å²) in [6.45, 7) is 3.69. The van der Waals surface area contributed by atoms with Crippen LogP contribution in [0.2, 0.25) is 0 Å². The summed E-state index contributed by atoms with van der Waals surface area (Å²) in [5, 5.41) is 10.3. The van der Waals surface area contributed by atoms with Gasteiger partial charge in [-0.15, -0.1) is 35.3 Å². The summed E-state index contributed by atoms with van der Waals surface area (Å²) in [4.78, 5) is 10.1. The third-order valence-electron chi connectivity index (χ3n) is 4.38. The predicted octanol–water partition coefficient (Wildman–Crippen LogP) is 4.39. The van der Waals surface area contributed by atoms with Crippen molar-refractivity contribution in [2.24, 2.45) is 4.99 Å². The first-order chi connectivity index (χ1) is 13.2. The van der Waals surface area contributed by atoms with Crippen molar-refractivity contribution < 1.29 is 4.74 Å². The maximum atomic E-state index is 5.28. The molecule has 2 N–H and O–H groups in total. The average Bonchev–Trinajstić information content (AvgIpc) is 3.18. The van der Waals surface area contributed by atoms with Crippen LogP contribution in [0.1, 0.15) is 22.4 Å². The van der Waals surface area contributed by atoms with Gasteiger partial charge in [0.25, 0.3) is 0 Å². The van der Waals surface area contributed by atoms with Crippen molar-refractivity contribution in [3.05, 3.63) is 58.0 Å². The van der Waals surface area contributed by atoms with E-state index < -0.39 is 0 Å². The van der Waals surface area contributed by atoms with Gasteiger partial charge in [-0.3, -0.25) is 4.99 Å². The lowest BCUT2D eigenvalue weighted by Crippen LogP contribution is -2.37. The van der Waals surface area contributed by atoms with Crippen molar-refractivity contribution in [1.29, 1.82) is 0 Å². The molecule has 0 aliphatic heterocycles. The van der Waals surface area contributed by atoms with E-state index in [1.807, 2.05) is 12.3 Å². The summed E-state index contributed by atoms with van der Waals surface area (Å²) in [7, 11) is 3.48. The number of nitrogens with zero attached hydrogens (tertiary/aromatic N) is 2. The van der Waals surface area contributed by atoms with E-state index >= 15 is 0 Å². The van der Waals surface area contributed by atoms with Gasteiger partial charge < -0.3 is 15.4 Å². The van der Waals surface area contributed by atoms with Gasteiger partial charge in [-0.05, 0) is 41.0 Å². The summed E-state index contributed by atoms with van der Waals surface area (Å²) in [5.74, 6) is 1.68. The monoisotopic (exact) mass is 510 g/mol. The molecule has 0 amide bonds. The molecule has 3 aromatic rings. The largest absolute Gasteiger partial charge is 0.497 e. The number of guanidine groups is 1. The Morgan fingerprint density at radius 3 is 2.64 bits per heavy atom. The Balaban J connectivity index is 0.00000280. The average molecular weight is 510 g/mol. The number of rotatable bonds is 7. The van der Waals surface area contributed by atoms with Gasteiger partial charge in [-0.25, -0.2) is 4.98 Å². The molecule has 2 aromatic carbocycles. The number of halogens is 1. The molecular formula is C21H27IN4OS. The van der Waals surface area contributed by atoms with Crippen LogP contribution >= 0.6 is 35.3 Å². The number of fused-ring (bicyclic) bond motifs is 1. The first kappa shape index (κ1) is 22.4. The highest BCUT2D eigenvalue weighted by Gasteiger charge is 2.03. The second-order valence-corrected chi connectivity index (χ2v) is 7.42. The second-order valence-electron chi connectivity index (χ2n) is 6.22. The summed E-state index contributed by atoms with van der Waals surface area (Å²) < 4.78 is 5.28. The first-order valence-corrected chi connectivity index (χ1v) is 9.98. The Labute approximate surface area is 187 Å². The molecule has 28 heavy (non-hydrogen) atoms. The smallest absolute Gasteiger partial charge is 0.191 e. The topological polar surface area (TPSA) is 58.5 Å². The van der Waals surface area contributed by atoms with Crippen LogP contribution in [0.25, 0.3) is 10.8 Å². The summed E-state index contributed by atoms with van der Waals surface area (Å²) in [6.07, 6.45) is 3.93. The van der Waals surface area contributed by atoms with Crippen molar-refractivity contribution >= 4 is 52.0 Å². The normalized spacial score (nSPS) is 11.2. The summed E-state index contributed by atoms with van der Waals surface area (Å²) in [6, 6.07) is 12.6. The van der Waals surface area contributed by atoms with E-state index in [1.54, 1.807) is 25.5 Å². The number of methoxy groups -OCH3 is 1. The molecule has 0 aliphatic rings. The van der Waals surface area contributed by atoms with Gasteiger partial charge in [-0.1, -0.05) is 25.1 Å². The van der Waals surface area contributed by atoms with Crippen LogP contribution in [-0.2, 0) is 19.4 Å². The van der Waals surface area contributed by atoms with Crippen LogP contribution < -0.4 is 15.4 Å². The van der Waals surface area contributed by atoms with E-state index in [2.05, 4.69) is 57.9 Å². The molecule has 0 unspecified atom stereocenters. The molecule has 0 saturated heterocycles. The molecule has 0 fully saturated rings. The molecule has 0 atom stereocenters. The number of thiazole rings is 1. The number of hydrogen-bond acceptors (Lipinski definition) is 4. The van der Waals surface area contributed by atoms with Crippen LogP contribution in [0.15, 0.2) is 47.6 Å². The van der Waals surface area contributed by atoms with E-state index in [1.165, 1.54) is 26.2 Å². The number of aryl methyl sites for hydroxylation is 1. The minimum absolute atomic E-state index is 0. The van der Waals surface area contributed by atoms with Gasteiger partial charge in [0.15, 0.2) is 5.96 Å².